The topological polar surface area (TPSA) is 40.5 Å². The number of nitrogens with zero attached hydrogens (tertiary/aromatic N) is 1. The van der Waals surface area contributed by atoms with Crippen LogP contribution in [0.25, 0.3) is 0 Å². The van der Waals surface area contributed by atoms with E-state index in [1.807, 2.05) is 6.92 Å². The maximum absolute atomic E-state index is 11.4. The lowest BCUT2D eigenvalue weighted by Gasteiger charge is -2.39. The van der Waals surface area contributed by atoms with Crippen LogP contribution in [-0.4, -0.2) is 34.1 Å². The van der Waals surface area contributed by atoms with Gasteiger partial charge in [0.05, 0.1) is 0 Å². The molecular formula is C13H23NO2. The summed E-state index contributed by atoms with van der Waals surface area (Å²) in [4.78, 5) is 13.6. The van der Waals surface area contributed by atoms with Gasteiger partial charge in [-0.15, -0.1) is 0 Å². The number of likely N-dealkylation sites (tertiary alicyclic amines) is 1. The summed E-state index contributed by atoms with van der Waals surface area (Å²) in [5, 5.41) is 9.36. The highest BCUT2D eigenvalue weighted by atomic mass is 16.4. The Labute approximate surface area is 97.8 Å². The maximum atomic E-state index is 11.4. The van der Waals surface area contributed by atoms with Crippen molar-refractivity contribution in [2.24, 2.45) is 5.92 Å². The summed E-state index contributed by atoms with van der Waals surface area (Å²) in [6, 6.07) is 0.425. The van der Waals surface area contributed by atoms with Crippen molar-refractivity contribution in [3.63, 3.8) is 0 Å². The Bertz CT molecular complexity index is 275. The third-order valence-corrected chi connectivity index (χ3v) is 4.59. The molecule has 1 saturated carbocycles. The molecule has 2 unspecified atom stereocenters. The summed E-state index contributed by atoms with van der Waals surface area (Å²) < 4.78 is 0. The van der Waals surface area contributed by atoms with Crippen molar-refractivity contribution >= 4 is 5.97 Å². The van der Waals surface area contributed by atoms with Gasteiger partial charge in [0, 0.05) is 6.04 Å². The minimum absolute atomic E-state index is 0.425. The average molecular weight is 225 g/mol. The van der Waals surface area contributed by atoms with Crippen molar-refractivity contribution in [2.75, 3.05) is 6.54 Å². The van der Waals surface area contributed by atoms with Crippen LogP contribution in [0, 0.1) is 5.92 Å². The number of carboxylic acids is 1. The zero-order valence-corrected chi connectivity index (χ0v) is 10.4. The van der Waals surface area contributed by atoms with Crippen molar-refractivity contribution in [1.29, 1.82) is 0 Å². The predicted octanol–water partition coefficient (Wildman–Crippen LogP) is 2.50. The first-order chi connectivity index (χ1) is 7.54. The molecule has 1 aliphatic carbocycles. The van der Waals surface area contributed by atoms with E-state index in [1.54, 1.807) is 0 Å². The van der Waals surface area contributed by atoms with E-state index in [0.717, 1.165) is 25.3 Å². The Hall–Kier alpha value is -0.570. The molecule has 2 aliphatic rings. The third kappa shape index (κ3) is 1.97. The summed E-state index contributed by atoms with van der Waals surface area (Å²) in [6.45, 7) is 5.04. The van der Waals surface area contributed by atoms with Gasteiger partial charge < -0.3 is 5.11 Å². The highest BCUT2D eigenvalue weighted by Crippen LogP contribution is 2.36. The van der Waals surface area contributed by atoms with Crippen LogP contribution < -0.4 is 0 Å². The standard InChI is InChI=1S/C13H23NO2/c1-10(9-11-5-3-6-11)14-8-4-7-13(14,2)12(15)16/h10-11H,3-9H2,1-2H3,(H,15,16). The van der Waals surface area contributed by atoms with Crippen LogP contribution in [0.1, 0.15) is 52.4 Å². The first-order valence-electron chi connectivity index (χ1n) is 6.54. The Morgan fingerprint density at radius 1 is 1.50 bits per heavy atom. The van der Waals surface area contributed by atoms with Gasteiger partial charge in [-0.05, 0) is 45.6 Å². The molecule has 1 N–H and O–H groups in total. The molecule has 0 aromatic carbocycles. The van der Waals surface area contributed by atoms with E-state index in [4.69, 9.17) is 0 Å². The van der Waals surface area contributed by atoms with Gasteiger partial charge in [-0.1, -0.05) is 19.3 Å². The van der Waals surface area contributed by atoms with Crippen LogP contribution in [0.5, 0.6) is 0 Å². The van der Waals surface area contributed by atoms with Gasteiger partial charge in [0.25, 0.3) is 0 Å². The highest BCUT2D eigenvalue weighted by Gasteiger charge is 2.45. The van der Waals surface area contributed by atoms with Gasteiger partial charge in [0.15, 0.2) is 0 Å². The Balaban J connectivity index is 1.98. The van der Waals surface area contributed by atoms with E-state index in [9.17, 15) is 9.90 Å². The molecular weight excluding hydrogens is 202 g/mol. The molecule has 0 aromatic rings. The monoisotopic (exact) mass is 225 g/mol. The SMILES string of the molecule is CC(CC1CCC1)N1CCCC1(C)C(=O)O. The fraction of sp³-hybridized carbons (Fsp3) is 0.923. The maximum Gasteiger partial charge on any atom is 0.323 e. The molecule has 16 heavy (non-hydrogen) atoms. The molecule has 0 aromatic heterocycles. The smallest absolute Gasteiger partial charge is 0.323 e. The van der Waals surface area contributed by atoms with Crippen LogP contribution in [0.3, 0.4) is 0 Å². The molecule has 1 heterocycles. The van der Waals surface area contributed by atoms with Gasteiger partial charge >= 0.3 is 5.97 Å². The van der Waals surface area contributed by atoms with Gasteiger partial charge in [-0.2, -0.15) is 0 Å². The van der Waals surface area contributed by atoms with Crippen LogP contribution in [0.15, 0.2) is 0 Å². The Morgan fingerprint density at radius 3 is 2.69 bits per heavy atom. The predicted molar refractivity (Wildman–Crippen MR) is 63.4 cm³/mol. The van der Waals surface area contributed by atoms with Crippen LogP contribution >= 0.6 is 0 Å². The average Bonchev–Trinajstić information content (AvgIpc) is 2.55. The van der Waals surface area contributed by atoms with Crippen LogP contribution in [0.4, 0.5) is 0 Å². The van der Waals surface area contributed by atoms with Crippen molar-refractivity contribution in [3.05, 3.63) is 0 Å². The van der Waals surface area contributed by atoms with Crippen LogP contribution in [0.2, 0.25) is 0 Å². The lowest BCUT2D eigenvalue weighted by atomic mass is 9.80. The summed E-state index contributed by atoms with van der Waals surface area (Å²) >= 11 is 0. The molecule has 3 nitrogen and oxygen atoms in total. The molecule has 92 valence electrons. The van der Waals surface area contributed by atoms with Gasteiger partial charge in [-0.25, -0.2) is 0 Å². The fourth-order valence-electron chi connectivity index (χ4n) is 3.26. The number of aliphatic carboxylic acids is 1. The van der Waals surface area contributed by atoms with Gasteiger partial charge in [-0.3, -0.25) is 9.69 Å². The lowest BCUT2D eigenvalue weighted by Crippen LogP contribution is -2.52. The molecule has 2 rings (SSSR count). The first kappa shape index (κ1) is 11.9. The second-order valence-corrected chi connectivity index (χ2v) is 5.76. The second kappa shape index (κ2) is 4.36. The lowest BCUT2D eigenvalue weighted by molar-refractivity contribution is -0.150. The van der Waals surface area contributed by atoms with Crippen molar-refractivity contribution in [3.8, 4) is 0 Å². The van der Waals surface area contributed by atoms with E-state index < -0.39 is 11.5 Å². The summed E-state index contributed by atoms with van der Waals surface area (Å²) in [7, 11) is 0. The normalized spacial score (nSPS) is 33.6. The molecule has 0 spiro atoms. The number of hydrogen-bond acceptors (Lipinski definition) is 2. The molecule has 0 amide bonds. The van der Waals surface area contributed by atoms with E-state index in [2.05, 4.69) is 11.8 Å². The van der Waals surface area contributed by atoms with Crippen LogP contribution in [-0.2, 0) is 4.79 Å². The van der Waals surface area contributed by atoms with Crippen molar-refractivity contribution in [1.82, 2.24) is 4.90 Å². The molecule has 2 fully saturated rings. The first-order valence-corrected chi connectivity index (χ1v) is 6.54. The summed E-state index contributed by atoms with van der Waals surface area (Å²) in [5.74, 6) is 0.208. The number of rotatable bonds is 4. The van der Waals surface area contributed by atoms with E-state index in [1.165, 1.54) is 25.7 Å². The van der Waals surface area contributed by atoms with Gasteiger partial charge in [0.1, 0.15) is 5.54 Å². The van der Waals surface area contributed by atoms with Crippen molar-refractivity contribution in [2.45, 2.75) is 64.0 Å². The molecule has 0 bridgehead atoms. The molecule has 3 heteroatoms. The molecule has 1 saturated heterocycles. The largest absolute Gasteiger partial charge is 0.480 e. The molecule has 1 aliphatic heterocycles. The Kier molecular flexibility index (Phi) is 3.24. The zero-order chi connectivity index (χ0) is 11.8. The van der Waals surface area contributed by atoms with Crippen molar-refractivity contribution < 1.29 is 9.90 Å². The number of carbonyl (C=O) groups is 1. The molecule has 0 radical (unpaired) electrons. The summed E-state index contributed by atoms with van der Waals surface area (Å²) in [6.07, 6.45) is 7.08. The van der Waals surface area contributed by atoms with Gasteiger partial charge in [0.2, 0.25) is 0 Å². The number of hydrogen-bond donors (Lipinski definition) is 1. The van der Waals surface area contributed by atoms with E-state index in [-0.39, 0.29) is 0 Å². The fourth-order valence-corrected chi connectivity index (χ4v) is 3.26. The zero-order valence-electron chi connectivity index (χ0n) is 10.4. The quantitative estimate of drug-likeness (QED) is 0.799. The Morgan fingerprint density at radius 2 is 2.19 bits per heavy atom. The van der Waals surface area contributed by atoms with E-state index >= 15 is 0 Å². The van der Waals surface area contributed by atoms with E-state index in [0.29, 0.717) is 6.04 Å². The second-order valence-electron chi connectivity index (χ2n) is 5.76. The minimum atomic E-state index is -0.648. The number of carboxylic acid groups (broad SMARTS) is 1. The molecule has 2 atom stereocenters. The third-order valence-electron chi connectivity index (χ3n) is 4.59. The minimum Gasteiger partial charge on any atom is -0.480 e. The highest BCUT2D eigenvalue weighted by molar-refractivity contribution is 5.78. The summed E-state index contributed by atoms with van der Waals surface area (Å²) in [5.41, 5.74) is -0.608.